The number of hydrogen-bond acceptors (Lipinski definition) is 3. The van der Waals surface area contributed by atoms with Crippen LogP contribution >= 0.6 is 0 Å². The normalized spacial score (nSPS) is 11.7. The van der Waals surface area contributed by atoms with Crippen LogP contribution in [0.4, 0.5) is 8.78 Å². The Kier molecular flexibility index (Phi) is 4.20. The molecule has 0 spiro atoms. The number of halogens is 2. The van der Waals surface area contributed by atoms with Gasteiger partial charge in [-0.05, 0) is 42.3 Å². The number of nitrogens with one attached hydrogen (secondary N) is 1. The first-order valence-corrected chi connectivity index (χ1v) is 4.94. The van der Waals surface area contributed by atoms with Crippen molar-refractivity contribution in [2.75, 3.05) is 7.11 Å². The summed E-state index contributed by atoms with van der Waals surface area (Å²) in [5, 5.41) is 7.65. The Morgan fingerprint density at radius 3 is 2.59 bits per heavy atom. The van der Waals surface area contributed by atoms with Crippen LogP contribution in [-0.2, 0) is 0 Å². The lowest BCUT2D eigenvalue weighted by Gasteiger charge is -2.07. The summed E-state index contributed by atoms with van der Waals surface area (Å²) < 4.78 is 29.5. The van der Waals surface area contributed by atoms with Gasteiger partial charge >= 0.3 is 0 Å². The Balaban J connectivity index is 2.98. The number of alkyl halides is 2. The Morgan fingerprint density at radius 1 is 1.47 bits per heavy atom. The molecule has 0 radical (unpaired) electrons. The highest BCUT2D eigenvalue weighted by Gasteiger charge is 2.09. The number of rotatable bonds is 4. The Hall–Kier alpha value is -1.91. The highest BCUT2D eigenvalue weighted by atomic mass is 19.3. The Labute approximate surface area is 98.4 Å². The van der Waals surface area contributed by atoms with Crippen LogP contribution in [0, 0.1) is 12.3 Å². The van der Waals surface area contributed by atoms with Crippen LogP contribution in [0.25, 0.3) is 0 Å². The van der Waals surface area contributed by atoms with Crippen molar-refractivity contribution in [1.82, 2.24) is 0 Å². The summed E-state index contributed by atoms with van der Waals surface area (Å²) >= 11 is 0. The molecule has 0 amide bonds. The van der Waals surface area contributed by atoms with Gasteiger partial charge in [0, 0.05) is 0 Å². The molecule has 1 aromatic rings. The molecule has 0 saturated carbocycles. The summed E-state index contributed by atoms with van der Waals surface area (Å²) in [6.45, 7) is 1.82. The molecule has 0 aliphatic rings. The van der Waals surface area contributed by atoms with Gasteiger partial charge in [-0.3, -0.25) is 0 Å². The number of benzene rings is 1. The minimum Gasteiger partial charge on any atom is -0.496 e. The summed E-state index contributed by atoms with van der Waals surface area (Å²) in [4.78, 5) is 0. The van der Waals surface area contributed by atoms with E-state index >= 15 is 0 Å². The standard InChI is InChI=1S/C12H14F2N2O/c1-7-5-8(3-4-11(7)17-2)9(15)6-10(16)12(13)14/h3-6,12,15H,16H2,1-2H3. The molecule has 0 atom stereocenters. The van der Waals surface area contributed by atoms with Gasteiger partial charge in [0.1, 0.15) is 5.75 Å². The molecule has 3 N–H and O–H groups in total. The first-order chi connectivity index (χ1) is 7.95. The lowest BCUT2D eigenvalue weighted by atomic mass is 10.1. The molecule has 0 fully saturated rings. The first-order valence-electron chi connectivity index (χ1n) is 4.94. The third kappa shape index (κ3) is 3.27. The van der Waals surface area contributed by atoms with E-state index in [1.54, 1.807) is 25.3 Å². The van der Waals surface area contributed by atoms with E-state index in [9.17, 15) is 8.78 Å². The predicted molar refractivity (Wildman–Crippen MR) is 62.8 cm³/mol. The zero-order chi connectivity index (χ0) is 13.0. The molecule has 3 nitrogen and oxygen atoms in total. The van der Waals surface area contributed by atoms with Gasteiger partial charge in [-0.25, -0.2) is 8.78 Å². The van der Waals surface area contributed by atoms with Crippen molar-refractivity contribution in [3.63, 3.8) is 0 Å². The maximum atomic E-state index is 12.2. The first kappa shape index (κ1) is 13.2. The number of hydrogen-bond donors (Lipinski definition) is 2. The smallest absolute Gasteiger partial charge is 0.277 e. The molecule has 0 bridgehead atoms. The van der Waals surface area contributed by atoms with Crippen LogP contribution in [-0.4, -0.2) is 19.2 Å². The Bertz CT molecular complexity index is 456. The topological polar surface area (TPSA) is 59.1 Å². The van der Waals surface area contributed by atoms with E-state index in [2.05, 4.69) is 0 Å². The fourth-order valence-electron chi connectivity index (χ4n) is 1.36. The fraction of sp³-hybridized carbons (Fsp3) is 0.250. The predicted octanol–water partition coefficient (Wildman–Crippen LogP) is 2.48. The van der Waals surface area contributed by atoms with Crippen LogP contribution in [0.15, 0.2) is 30.0 Å². The molecule has 0 aliphatic heterocycles. The van der Waals surface area contributed by atoms with E-state index in [0.29, 0.717) is 11.3 Å². The molecule has 1 rings (SSSR count). The molecule has 17 heavy (non-hydrogen) atoms. The van der Waals surface area contributed by atoms with E-state index in [1.165, 1.54) is 0 Å². The van der Waals surface area contributed by atoms with Gasteiger partial charge in [0.15, 0.2) is 0 Å². The van der Waals surface area contributed by atoms with E-state index in [4.69, 9.17) is 15.9 Å². The minimum atomic E-state index is -2.74. The van der Waals surface area contributed by atoms with Gasteiger partial charge in [-0.2, -0.15) is 0 Å². The SMILES string of the molecule is COc1ccc(C(=N)C=C(N)C(F)F)cc1C. The molecule has 0 aromatic heterocycles. The molecule has 0 aliphatic carbocycles. The largest absolute Gasteiger partial charge is 0.496 e. The van der Waals surface area contributed by atoms with Crippen molar-refractivity contribution in [3.8, 4) is 5.75 Å². The minimum absolute atomic E-state index is 0.0476. The number of ether oxygens (including phenoxy) is 1. The van der Waals surface area contributed by atoms with E-state index in [0.717, 1.165) is 11.6 Å². The molecular formula is C12H14F2N2O. The summed E-state index contributed by atoms with van der Waals surface area (Å²) in [6.07, 6.45) is -1.78. The lowest BCUT2D eigenvalue weighted by molar-refractivity contribution is 0.188. The molecule has 0 unspecified atom stereocenters. The van der Waals surface area contributed by atoms with Gasteiger partial charge in [0.05, 0.1) is 18.5 Å². The van der Waals surface area contributed by atoms with Gasteiger partial charge < -0.3 is 15.9 Å². The van der Waals surface area contributed by atoms with Crippen molar-refractivity contribution >= 4 is 5.71 Å². The highest BCUT2D eigenvalue weighted by molar-refractivity contribution is 6.07. The van der Waals surface area contributed by atoms with E-state index in [-0.39, 0.29) is 5.71 Å². The van der Waals surface area contributed by atoms with Gasteiger partial charge in [0.2, 0.25) is 0 Å². The summed E-state index contributed by atoms with van der Waals surface area (Å²) in [7, 11) is 1.54. The molecule has 0 heterocycles. The molecule has 5 heteroatoms. The van der Waals surface area contributed by atoms with Crippen LogP contribution in [0.1, 0.15) is 11.1 Å². The number of allylic oxidation sites excluding steroid dienone is 2. The van der Waals surface area contributed by atoms with Crippen molar-refractivity contribution in [2.24, 2.45) is 5.73 Å². The van der Waals surface area contributed by atoms with Gasteiger partial charge in [-0.15, -0.1) is 0 Å². The number of aryl methyl sites for hydroxylation is 1. The lowest BCUT2D eigenvalue weighted by Crippen LogP contribution is -2.10. The maximum absolute atomic E-state index is 12.2. The molecule has 0 saturated heterocycles. The second-order valence-corrected chi connectivity index (χ2v) is 3.54. The summed E-state index contributed by atoms with van der Waals surface area (Å²) in [6, 6.07) is 5.01. The van der Waals surface area contributed by atoms with Crippen molar-refractivity contribution in [3.05, 3.63) is 41.1 Å². The zero-order valence-electron chi connectivity index (χ0n) is 9.63. The quantitative estimate of drug-likeness (QED) is 0.794. The molecular weight excluding hydrogens is 226 g/mol. The average Bonchev–Trinajstić information content (AvgIpc) is 2.28. The summed E-state index contributed by atoms with van der Waals surface area (Å²) in [5.74, 6) is 0.687. The molecule has 1 aromatic carbocycles. The van der Waals surface area contributed by atoms with E-state index < -0.39 is 12.1 Å². The van der Waals surface area contributed by atoms with Gasteiger partial charge in [-0.1, -0.05) is 0 Å². The van der Waals surface area contributed by atoms with Crippen LogP contribution < -0.4 is 10.5 Å². The highest BCUT2D eigenvalue weighted by Crippen LogP contribution is 2.19. The van der Waals surface area contributed by atoms with Gasteiger partial charge in [0.25, 0.3) is 6.43 Å². The average molecular weight is 240 g/mol. The van der Waals surface area contributed by atoms with Crippen molar-refractivity contribution < 1.29 is 13.5 Å². The third-order valence-electron chi connectivity index (χ3n) is 2.27. The third-order valence-corrected chi connectivity index (χ3v) is 2.27. The van der Waals surface area contributed by atoms with E-state index in [1.807, 2.05) is 6.92 Å². The molecule has 92 valence electrons. The van der Waals surface area contributed by atoms with Crippen LogP contribution in [0.3, 0.4) is 0 Å². The van der Waals surface area contributed by atoms with Crippen molar-refractivity contribution in [1.29, 1.82) is 5.41 Å². The monoisotopic (exact) mass is 240 g/mol. The number of methoxy groups -OCH3 is 1. The maximum Gasteiger partial charge on any atom is 0.277 e. The number of nitrogens with two attached hydrogens (primary N) is 1. The van der Waals surface area contributed by atoms with Crippen molar-refractivity contribution in [2.45, 2.75) is 13.3 Å². The van der Waals surface area contributed by atoms with Crippen LogP contribution in [0.5, 0.6) is 5.75 Å². The Morgan fingerprint density at radius 2 is 2.12 bits per heavy atom. The zero-order valence-corrected chi connectivity index (χ0v) is 9.63. The fourth-order valence-corrected chi connectivity index (χ4v) is 1.36. The summed E-state index contributed by atoms with van der Waals surface area (Å²) in [5.41, 5.74) is 5.79. The second-order valence-electron chi connectivity index (χ2n) is 3.54. The van der Waals surface area contributed by atoms with Crippen LogP contribution in [0.2, 0.25) is 0 Å². The second kappa shape index (κ2) is 5.43.